The van der Waals surface area contributed by atoms with Crippen molar-refractivity contribution in [1.29, 1.82) is 0 Å². The van der Waals surface area contributed by atoms with Crippen LogP contribution in [0.25, 0.3) is 0 Å². The van der Waals surface area contributed by atoms with Gasteiger partial charge in [-0.1, -0.05) is 0 Å². The van der Waals surface area contributed by atoms with Gasteiger partial charge in [0.2, 0.25) is 5.91 Å². The normalized spacial score (nSPS) is 9.94. The van der Waals surface area contributed by atoms with Crippen LogP contribution in [0.3, 0.4) is 0 Å². The number of rotatable bonds is 3. The van der Waals surface area contributed by atoms with Gasteiger partial charge in [0.1, 0.15) is 17.9 Å². The van der Waals surface area contributed by atoms with Crippen molar-refractivity contribution in [3.63, 3.8) is 0 Å². The maximum atomic E-state index is 11.4. The van der Waals surface area contributed by atoms with E-state index in [1.165, 1.54) is 25.5 Å². The first-order valence-electron chi connectivity index (χ1n) is 5.06. The van der Waals surface area contributed by atoms with Gasteiger partial charge in [-0.25, -0.2) is 0 Å². The fraction of sp³-hybridized carbons (Fsp3) is 0.444. The third-order valence-corrected chi connectivity index (χ3v) is 2.20. The lowest BCUT2D eigenvalue weighted by Gasteiger charge is -2.05. The summed E-state index contributed by atoms with van der Waals surface area (Å²) in [4.78, 5) is 32.2. The third kappa shape index (κ3) is 3.03. The van der Waals surface area contributed by atoms with Crippen molar-refractivity contribution in [1.82, 2.24) is 20.6 Å². The summed E-state index contributed by atoms with van der Waals surface area (Å²) in [6.45, 7) is 4.03. The van der Waals surface area contributed by atoms with E-state index in [4.69, 9.17) is 0 Å². The minimum Gasteiger partial charge on any atom is -0.274 e. The molecule has 0 atom stereocenters. The predicted octanol–water partition coefficient (Wildman–Crippen LogP) is -0.425. The molecule has 2 N–H and O–H groups in total. The minimum atomic E-state index is -0.542. The number of aromatic nitrogens is 2. The Labute approximate surface area is 102 Å². The molecule has 1 rings (SSSR count). The van der Waals surface area contributed by atoms with Crippen molar-refractivity contribution in [2.45, 2.75) is 27.3 Å². The van der Waals surface area contributed by atoms with Crippen molar-refractivity contribution in [2.75, 3.05) is 0 Å². The minimum absolute atomic E-state index is 0.109. The smallest absolute Gasteiger partial charge is 0.274 e. The van der Waals surface area contributed by atoms with Crippen LogP contribution in [0.4, 0.5) is 5.69 Å². The second kappa shape index (κ2) is 5.25. The molecule has 9 heteroatoms. The Hall–Kier alpha value is -2.45. The molecule has 0 saturated heterocycles. The summed E-state index contributed by atoms with van der Waals surface area (Å²) in [7, 11) is 0. The summed E-state index contributed by atoms with van der Waals surface area (Å²) in [5, 5.41) is 14.7. The van der Waals surface area contributed by atoms with Crippen LogP contribution >= 0.6 is 0 Å². The molecule has 0 aromatic carbocycles. The predicted molar refractivity (Wildman–Crippen MR) is 60.3 cm³/mol. The largest absolute Gasteiger partial charge is 0.312 e. The van der Waals surface area contributed by atoms with Crippen molar-refractivity contribution in [3.05, 3.63) is 21.5 Å². The number of hydrazine groups is 1. The third-order valence-electron chi connectivity index (χ3n) is 2.20. The Kier molecular flexibility index (Phi) is 3.97. The SMILES string of the molecule is CC(=O)NNC(=O)Cn1nc(C)c([N+](=O)[O-])c1C. The molecule has 0 spiro atoms. The molecule has 2 amide bonds. The average Bonchev–Trinajstić information content (AvgIpc) is 2.51. The van der Waals surface area contributed by atoms with Crippen LogP contribution in [0.1, 0.15) is 18.3 Å². The van der Waals surface area contributed by atoms with Crippen LogP contribution in [0.2, 0.25) is 0 Å². The molecule has 0 aliphatic heterocycles. The van der Waals surface area contributed by atoms with E-state index in [2.05, 4.69) is 16.0 Å². The average molecular weight is 255 g/mol. The first kappa shape index (κ1) is 13.6. The molecule has 1 heterocycles. The molecule has 0 unspecified atom stereocenters. The molecule has 0 bridgehead atoms. The van der Waals surface area contributed by atoms with Gasteiger partial charge in [0.25, 0.3) is 5.91 Å². The van der Waals surface area contributed by atoms with Crippen LogP contribution in [0.15, 0.2) is 0 Å². The number of nitrogens with zero attached hydrogens (tertiary/aromatic N) is 3. The van der Waals surface area contributed by atoms with Gasteiger partial charge in [-0.15, -0.1) is 0 Å². The van der Waals surface area contributed by atoms with E-state index < -0.39 is 16.7 Å². The Morgan fingerprint density at radius 1 is 1.39 bits per heavy atom. The number of carbonyl (C=O) groups excluding carboxylic acids is 2. The topological polar surface area (TPSA) is 119 Å². The fourth-order valence-electron chi connectivity index (χ4n) is 1.44. The first-order valence-corrected chi connectivity index (χ1v) is 5.06. The van der Waals surface area contributed by atoms with E-state index in [0.29, 0.717) is 0 Å². The maximum Gasteiger partial charge on any atom is 0.312 e. The number of amides is 2. The maximum absolute atomic E-state index is 11.4. The molecule has 18 heavy (non-hydrogen) atoms. The van der Waals surface area contributed by atoms with E-state index in [1.807, 2.05) is 0 Å². The van der Waals surface area contributed by atoms with E-state index in [-0.39, 0.29) is 23.6 Å². The van der Waals surface area contributed by atoms with Gasteiger partial charge in [-0.05, 0) is 13.8 Å². The highest BCUT2D eigenvalue weighted by atomic mass is 16.6. The molecule has 0 fully saturated rings. The Morgan fingerprint density at radius 2 is 2.00 bits per heavy atom. The standard InChI is InChI=1S/C9H13N5O4/c1-5-9(14(17)18)6(2)13(12-5)4-8(16)11-10-7(3)15/h4H2,1-3H3,(H,10,15)(H,11,16). The fourth-order valence-corrected chi connectivity index (χ4v) is 1.44. The van der Waals surface area contributed by atoms with Gasteiger partial charge in [-0.2, -0.15) is 5.10 Å². The molecule has 0 radical (unpaired) electrons. The molecule has 0 aliphatic rings. The molecule has 0 aliphatic carbocycles. The number of hydrogen-bond donors (Lipinski definition) is 2. The van der Waals surface area contributed by atoms with Crippen molar-refractivity contribution < 1.29 is 14.5 Å². The quantitative estimate of drug-likeness (QED) is 0.561. The summed E-state index contributed by atoms with van der Waals surface area (Å²) in [5.41, 5.74) is 4.68. The van der Waals surface area contributed by atoms with E-state index in [9.17, 15) is 19.7 Å². The van der Waals surface area contributed by atoms with Crippen LogP contribution < -0.4 is 10.9 Å². The number of carbonyl (C=O) groups is 2. The highest BCUT2D eigenvalue weighted by molar-refractivity contribution is 5.80. The Balaban J connectivity index is 2.80. The Morgan fingerprint density at radius 3 is 2.44 bits per heavy atom. The lowest BCUT2D eigenvalue weighted by molar-refractivity contribution is -0.386. The van der Waals surface area contributed by atoms with E-state index >= 15 is 0 Å². The molecular weight excluding hydrogens is 242 g/mol. The van der Waals surface area contributed by atoms with E-state index in [0.717, 1.165) is 0 Å². The van der Waals surface area contributed by atoms with Crippen LogP contribution in [-0.4, -0.2) is 26.5 Å². The van der Waals surface area contributed by atoms with Crippen LogP contribution in [-0.2, 0) is 16.1 Å². The second-order valence-electron chi connectivity index (χ2n) is 3.66. The van der Waals surface area contributed by atoms with Gasteiger partial charge in [-0.3, -0.25) is 35.2 Å². The molecular formula is C9H13N5O4. The number of aryl methyl sites for hydroxylation is 1. The highest BCUT2D eigenvalue weighted by Gasteiger charge is 2.22. The van der Waals surface area contributed by atoms with Crippen molar-refractivity contribution in [2.24, 2.45) is 0 Å². The number of hydrogen-bond acceptors (Lipinski definition) is 5. The summed E-state index contributed by atoms with van der Waals surface area (Å²) >= 11 is 0. The number of nitrogens with one attached hydrogen (secondary N) is 2. The van der Waals surface area contributed by atoms with Gasteiger partial charge in [0.15, 0.2) is 0 Å². The zero-order valence-electron chi connectivity index (χ0n) is 10.2. The number of nitro groups is 1. The van der Waals surface area contributed by atoms with Crippen molar-refractivity contribution >= 4 is 17.5 Å². The monoisotopic (exact) mass is 255 g/mol. The lowest BCUT2D eigenvalue weighted by atomic mass is 10.3. The molecule has 9 nitrogen and oxygen atoms in total. The lowest BCUT2D eigenvalue weighted by Crippen LogP contribution is -2.42. The summed E-state index contributed by atoms with van der Waals surface area (Å²) in [5.74, 6) is -0.937. The Bertz CT molecular complexity index is 507. The van der Waals surface area contributed by atoms with Crippen LogP contribution in [0, 0.1) is 24.0 Å². The van der Waals surface area contributed by atoms with Gasteiger partial charge in [0.05, 0.1) is 4.92 Å². The van der Waals surface area contributed by atoms with E-state index in [1.54, 1.807) is 0 Å². The summed E-state index contributed by atoms with van der Waals surface area (Å²) in [6, 6.07) is 0. The summed E-state index contributed by atoms with van der Waals surface area (Å²) < 4.78 is 1.21. The molecule has 1 aromatic heterocycles. The van der Waals surface area contributed by atoms with Crippen LogP contribution in [0.5, 0.6) is 0 Å². The zero-order valence-corrected chi connectivity index (χ0v) is 10.2. The molecule has 0 saturated carbocycles. The second-order valence-corrected chi connectivity index (χ2v) is 3.66. The van der Waals surface area contributed by atoms with Gasteiger partial charge < -0.3 is 0 Å². The van der Waals surface area contributed by atoms with Crippen molar-refractivity contribution in [3.8, 4) is 0 Å². The molecule has 1 aromatic rings. The first-order chi connectivity index (χ1) is 8.32. The molecule has 98 valence electrons. The summed E-state index contributed by atoms with van der Waals surface area (Å²) in [6.07, 6.45) is 0. The highest BCUT2D eigenvalue weighted by Crippen LogP contribution is 2.21. The zero-order chi connectivity index (χ0) is 13.9. The van der Waals surface area contributed by atoms with Gasteiger partial charge in [0, 0.05) is 6.92 Å². The van der Waals surface area contributed by atoms with Gasteiger partial charge >= 0.3 is 5.69 Å².